The molecule has 3 amide bonds. The fourth-order valence-corrected chi connectivity index (χ4v) is 3.58. The van der Waals surface area contributed by atoms with Gasteiger partial charge in [-0.05, 0) is 29.2 Å². The molecule has 2 aromatic carbocycles. The van der Waals surface area contributed by atoms with Gasteiger partial charge >= 0.3 is 0 Å². The third kappa shape index (κ3) is 6.63. The lowest BCUT2D eigenvalue weighted by Crippen LogP contribution is -2.55. The zero-order chi connectivity index (χ0) is 25.6. The molecule has 0 saturated carbocycles. The van der Waals surface area contributed by atoms with Crippen molar-refractivity contribution in [3.05, 3.63) is 65.6 Å². The van der Waals surface area contributed by atoms with E-state index in [-0.39, 0.29) is 31.2 Å². The van der Waals surface area contributed by atoms with Gasteiger partial charge in [0, 0.05) is 11.9 Å². The summed E-state index contributed by atoms with van der Waals surface area (Å²) in [6, 6.07) is 12.3. The number of nitrogens with one attached hydrogen (secondary N) is 3. The van der Waals surface area contributed by atoms with E-state index in [2.05, 4.69) is 21.0 Å². The highest BCUT2D eigenvalue weighted by Gasteiger charge is 2.34. The Morgan fingerprint density at radius 3 is 2.40 bits per heavy atom. The van der Waals surface area contributed by atoms with Crippen LogP contribution in [-0.2, 0) is 16.1 Å². The average molecular weight is 484 g/mol. The first-order chi connectivity index (χ1) is 16.6. The predicted octanol–water partition coefficient (Wildman–Crippen LogP) is 1.59. The van der Waals surface area contributed by atoms with Crippen LogP contribution in [0.3, 0.4) is 0 Å². The summed E-state index contributed by atoms with van der Waals surface area (Å²) in [6.45, 7) is 5.33. The number of aliphatic hydroxyl groups is 1. The van der Waals surface area contributed by atoms with E-state index >= 15 is 0 Å². The van der Waals surface area contributed by atoms with E-state index in [0.717, 1.165) is 11.1 Å². The van der Waals surface area contributed by atoms with Crippen LogP contribution in [0.4, 0.5) is 4.39 Å². The number of amides is 3. The molecule has 0 saturated heterocycles. The molecule has 9 nitrogen and oxygen atoms in total. The molecule has 0 spiro atoms. The summed E-state index contributed by atoms with van der Waals surface area (Å²) in [7, 11) is 0. The third-order valence-corrected chi connectivity index (χ3v) is 5.38. The number of carbonyl (C=O) groups is 3. The molecular formula is C25H30FN5O4. The van der Waals surface area contributed by atoms with E-state index < -0.39 is 29.2 Å². The lowest BCUT2D eigenvalue weighted by Gasteiger charge is -2.30. The van der Waals surface area contributed by atoms with Crippen molar-refractivity contribution in [3.8, 4) is 0 Å². The van der Waals surface area contributed by atoms with Crippen LogP contribution in [0, 0.1) is 11.2 Å². The summed E-state index contributed by atoms with van der Waals surface area (Å²) in [4.78, 5) is 37.9. The molecule has 3 aromatic rings. The lowest BCUT2D eigenvalue weighted by atomic mass is 9.86. The van der Waals surface area contributed by atoms with Crippen molar-refractivity contribution in [3.63, 3.8) is 0 Å². The molecule has 35 heavy (non-hydrogen) atoms. The number of rotatable bonds is 9. The second kappa shape index (κ2) is 11.1. The number of halogens is 1. The fraction of sp³-hybridized carbons (Fsp3) is 0.360. The van der Waals surface area contributed by atoms with Gasteiger partial charge in [0.05, 0.1) is 25.2 Å². The van der Waals surface area contributed by atoms with Gasteiger partial charge in [0.25, 0.3) is 5.91 Å². The van der Waals surface area contributed by atoms with Crippen molar-refractivity contribution < 1.29 is 23.9 Å². The van der Waals surface area contributed by atoms with Gasteiger partial charge in [-0.1, -0.05) is 51.1 Å². The molecule has 4 N–H and O–H groups in total. The molecule has 1 aromatic heterocycles. The van der Waals surface area contributed by atoms with Crippen LogP contribution in [0.1, 0.15) is 36.8 Å². The smallest absolute Gasteiger partial charge is 0.273 e. The average Bonchev–Trinajstić information content (AvgIpc) is 3.18. The first kappa shape index (κ1) is 25.8. The third-order valence-electron chi connectivity index (χ3n) is 5.38. The minimum atomic E-state index is -0.943. The monoisotopic (exact) mass is 483 g/mol. The number of para-hydroxylation sites is 1. The maximum Gasteiger partial charge on any atom is 0.273 e. The van der Waals surface area contributed by atoms with E-state index in [0.29, 0.717) is 11.9 Å². The zero-order valence-electron chi connectivity index (χ0n) is 20.0. The first-order valence-corrected chi connectivity index (χ1v) is 11.3. The Kier molecular flexibility index (Phi) is 8.18. The number of hydrogen-bond donors (Lipinski definition) is 4. The molecule has 0 aliphatic heterocycles. The highest BCUT2D eigenvalue weighted by molar-refractivity contribution is 6.06. The van der Waals surface area contributed by atoms with Crippen LogP contribution < -0.4 is 16.0 Å². The minimum absolute atomic E-state index is 0.0851. The first-order valence-electron chi connectivity index (χ1n) is 11.3. The van der Waals surface area contributed by atoms with Crippen LogP contribution in [0.5, 0.6) is 0 Å². The van der Waals surface area contributed by atoms with Crippen molar-refractivity contribution in [1.82, 2.24) is 25.7 Å². The highest BCUT2D eigenvalue weighted by atomic mass is 19.1. The Morgan fingerprint density at radius 1 is 1.06 bits per heavy atom. The van der Waals surface area contributed by atoms with Gasteiger partial charge in [0.15, 0.2) is 5.69 Å². The molecule has 186 valence electrons. The van der Waals surface area contributed by atoms with E-state index in [1.165, 1.54) is 12.1 Å². The van der Waals surface area contributed by atoms with Gasteiger partial charge in [-0.3, -0.25) is 19.1 Å². The van der Waals surface area contributed by atoms with Crippen LogP contribution in [0.25, 0.3) is 10.9 Å². The second-order valence-electron chi connectivity index (χ2n) is 9.21. The van der Waals surface area contributed by atoms with Crippen molar-refractivity contribution >= 4 is 28.6 Å². The number of aromatic nitrogens is 2. The van der Waals surface area contributed by atoms with Gasteiger partial charge in [-0.25, -0.2) is 4.39 Å². The Morgan fingerprint density at radius 2 is 1.74 bits per heavy atom. The summed E-state index contributed by atoms with van der Waals surface area (Å²) in [5.41, 5.74) is 1.04. The Bertz CT molecular complexity index is 1200. The summed E-state index contributed by atoms with van der Waals surface area (Å²) in [6.07, 6.45) is 0. The molecule has 3 rings (SSSR count). The maximum atomic E-state index is 13.3. The van der Waals surface area contributed by atoms with Crippen molar-refractivity contribution in [2.24, 2.45) is 5.41 Å². The molecule has 1 atom stereocenters. The van der Waals surface area contributed by atoms with E-state index in [4.69, 9.17) is 5.11 Å². The summed E-state index contributed by atoms with van der Waals surface area (Å²) in [5.74, 6) is -1.83. The molecule has 0 aliphatic rings. The quantitative estimate of drug-likeness (QED) is 0.368. The van der Waals surface area contributed by atoms with E-state index in [9.17, 15) is 18.8 Å². The zero-order valence-corrected chi connectivity index (χ0v) is 20.0. The van der Waals surface area contributed by atoms with Gasteiger partial charge in [0.2, 0.25) is 11.8 Å². The Labute approximate surface area is 202 Å². The fourth-order valence-electron chi connectivity index (χ4n) is 3.58. The molecule has 0 fully saturated rings. The van der Waals surface area contributed by atoms with Gasteiger partial charge in [0.1, 0.15) is 11.9 Å². The maximum absolute atomic E-state index is 13.3. The number of carbonyl (C=O) groups excluding carboxylic acids is 3. The molecule has 0 radical (unpaired) electrons. The summed E-state index contributed by atoms with van der Waals surface area (Å²) in [5, 5.41) is 21.7. The SMILES string of the molecule is CC(C)(C)[C@H](NC(=O)c1nn(Cc2ccc(F)cc2)c2ccccc12)C(=O)NCC(=O)NCCO. The van der Waals surface area contributed by atoms with Crippen LogP contribution >= 0.6 is 0 Å². The van der Waals surface area contributed by atoms with Gasteiger partial charge in [-0.2, -0.15) is 5.10 Å². The number of nitrogens with zero attached hydrogens (tertiary/aromatic N) is 2. The lowest BCUT2D eigenvalue weighted by molar-refractivity contribution is -0.128. The van der Waals surface area contributed by atoms with E-state index in [1.807, 2.05) is 12.1 Å². The molecule has 10 heteroatoms. The number of benzene rings is 2. The molecule has 0 unspecified atom stereocenters. The van der Waals surface area contributed by atoms with Crippen molar-refractivity contribution in [2.45, 2.75) is 33.4 Å². The molecular weight excluding hydrogens is 453 g/mol. The second-order valence-corrected chi connectivity index (χ2v) is 9.21. The van der Waals surface area contributed by atoms with Crippen molar-refractivity contribution in [2.75, 3.05) is 19.7 Å². The summed E-state index contributed by atoms with van der Waals surface area (Å²) < 4.78 is 14.9. The number of fused-ring (bicyclic) bond motifs is 1. The van der Waals surface area contributed by atoms with Crippen molar-refractivity contribution in [1.29, 1.82) is 0 Å². The highest BCUT2D eigenvalue weighted by Crippen LogP contribution is 2.23. The molecule has 0 aliphatic carbocycles. The normalized spacial score (nSPS) is 12.3. The van der Waals surface area contributed by atoms with Crippen LogP contribution in [-0.4, -0.2) is 58.3 Å². The standard InChI is InChI=1S/C25H30FN5O4/c1-25(2,3)22(24(35)28-14-20(33)27-12-13-32)29-23(34)21-18-6-4-5-7-19(18)31(30-21)15-16-8-10-17(26)11-9-16/h4-11,22,32H,12-15H2,1-3H3,(H,27,33)(H,28,35)(H,29,34)/t22-/m1/s1. The largest absolute Gasteiger partial charge is 0.395 e. The van der Waals surface area contributed by atoms with Crippen LogP contribution in [0.15, 0.2) is 48.5 Å². The summed E-state index contributed by atoms with van der Waals surface area (Å²) >= 11 is 0. The Balaban J connectivity index is 1.81. The molecule has 0 bridgehead atoms. The van der Waals surface area contributed by atoms with Crippen LogP contribution in [0.2, 0.25) is 0 Å². The van der Waals surface area contributed by atoms with E-state index in [1.54, 1.807) is 49.7 Å². The van der Waals surface area contributed by atoms with Gasteiger partial charge in [-0.15, -0.1) is 0 Å². The Hall–Kier alpha value is -3.79. The topological polar surface area (TPSA) is 125 Å². The molecule has 1 heterocycles. The number of hydrogen-bond acceptors (Lipinski definition) is 5. The predicted molar refractivity (Wildman–Crippen MR) is 129 cm³/mol. The minimum Gasteiger partial charge on any atom is -0.395 e. The number of aliphatic hydroxyl groups excluding tert-OH is 1. The van der Waals surface area contributed by atoms with Gasteiger partial charge < -0.3 is 21.1 Å².